The lowest BCUT2D eigenvalue weighted by molar-refractivity contribution is 0.513. The summed E-state index contributed by atoms with van der Waals surface area (Å²) in [6.07, 6.45) is 1.00. The zero-order chi connectivity index (χ0) is 10.2. The first kappa shape index (κ1) is 9.72. The van der Waals surface area contributed by atoms with E-state index >= 15 is 0 Å². The smallest absolute Gasteiger partial charge is 0.0649 e. The van der Waals surface area contributed by atoms with Crippen molar-refractivity contribution < 1.29 is 0 Å². The van der Waals surface area contributed by atoms with Crippen molar-refractivity contribution in [3.63, 3.8) is 0 Å². The summed E-state index contributed by atoms with van der Waals surface area (Å²) in [5.41, 5.74) is 3.61. The van der Waals surface area contributed by atoms with Crippen molar-refractivity contribution in [3.8, 4) is 0 Å². The average Bonchev–Trinajstić information content (AvgIpc) is 2.15. The minimum absolute atomic E-state index is 0.00141. The number of aliphatic imine (C=N–C) groups is 1. The van der Waals surface area contributed by atoms with Crippen LogP contribution in [0.15, 0.2) is 29.3 Å². The fourth-order valence-corrected chi connectivity index (χ4v) is 2.19. The zero-order valence-corrected chi connectivity index (χ0v) is 9.30. The molecule has 1 aliphatic heterocycles. The van der Waals surface area contributed by atoms with Crippen molar-refractivity contribution in [3.05, 3.63) is 35.4 Å². The van der Waals surface area contributed by atoms with Crippen molar-refractivity contribution in [1.82, 2.24) is 0 Å². The van der Waals surface area contributed by atoms with Gasteiger partial charge in [-0.05, 0) is 25.8 Å². The molecule has 14 heavy (non-hydrogen) atoms. The maximum Gasteiger partial charge on any atom is 0.0649 e. The summed E-state index contributed by atoms with van der Waals surface area (Å²) in [6, 6.07) is 8.38. The molecule has 1 aliphatic rings. The first-order valence-corrected chi connectivity index (χ1v) is 5.39. The van der Waals surface area contributed by atoms with E-state index in [1.165, 1.54) is 11.1 Å². The van der Waals surface area contributed by atoms with Crippen LogP contribution in [-0.2, 0) is 6.42 Å². The maximum absolute atomic E-state index is 5.90. The van der Waals surface area contributed by atoms with Gasteiger partial charge in [-0.3, -0.25) is 4.99 Å². The maximum atomic E-state index is 5.90. The number of nitrogens with zero attached hydrogens (tertiary/aromatic N) is 1. The third kappa shape index (κ3) is 1.69. The highest BCUT2D eigenvalue weighted by Gasteiger charge is 2.25. The largest absolute Gasteiger partial charge is 0.281 e. The van der Waals surface area contributed by atoms with E-state index in [2.05, 4.69) is 37.0 Å². The first-order valence-electron chi connectivity index (χ1n) is 4.85. The van der Waals surface area contributed by atoms with E-state index in [1.807, 2.05) is 6.07 Å². The van der Waals surface area contributed by atoms with Gasteiger partial charge in [0.2, 0.25) is 0 Å². The van der Waals surface area contributed by atoms with Crippen molar-refractivity contribution >= 4 is 17.3 Å². The molecule has 0 bridgehead atoms. The second-order valence-electron chi connectivity index (χ2n) is 4.34. The third-order valence-corrected chi connectivity index (χ3v) is 2.77. The van der Waals surface area contributed by atoms with Gasteiger partial charge in [0, 0.05) is 5.56 Å². The van der Waals surface area contributed by atoms with E-state index in [4.69, 9.17) is 11.6 Å². The number of alkyl halides is 1. The lowest BCUT2D eigenvalue weighted by Gasteiger charge is -2.28. The zero-order valence-electron chi connectivity index (χ0n) is 8.55. The summed E-state index contributed by atoms with van der Waals surface area (Å²) >= 11 is 5.90. The topological polar surface area (TPSA) is 12.4 Å². The lowest BCUT2D eigenvalue weighted by Crippen LogP contribution is -2.29. The highest BCUT2D eigenvalue weighted by Crippen LogP contribution is 2.26. The molecule has 0 amide bonds. The number of hydrogen-bond acceptors (Lipinski definition) is 1. The van der Waals surface area contributed by atoms with E-state index in [0.29, 0.717) is 5.88 Å². The minimum Gasteiger partial charge on any atom is -0.281 e. The van der Waals surface area contributed by atoms with Crippen LogP contribution in [0.3, 0.4) is 0 Å². The summed E-state index contributed by atoms with van der Waals surface area (Å²) in [7, 11) is 0. The first-order chi connectivity index (χ1) is 6.62. The predicted octanol–water partition coefficient (Wildman–Crippen LogP) is 3.05. The summed E-state index contributed by atoms with van der Waals surface area (Å²) in [5.74, 6) is 0.500. The molecule has 0 saturated carbocycles. The molecule has 2 rings (SSSR count). The van der Waals surface area contributed by atoms with Gasteiger partial charge < -0.3 is 0 Å². The van der Waals surface area contributed by atoms with E-state index in [-0.39, 0.29) is 5.54 Å². The van der Waals surface area contributed by atoms with E-state index in [0.717, 1.165) is 12.1 Å². The molecule has 0 unspecified atom stereocenters. The van der Waals surface area contributed by atoms with Crippen molar-refractivity contribution in [2.45, 2.75) is 25.8 Å². The van der Waals surface area contributed by atoms with Crippen molar-refractivity contribution in [2.75, 3.05) is 5.88 Å². The summed E-state index contributed by atoms with van der Waals surface area (Å²) in [4.78, 5) is 4.66. The van der Waals surface area contributed by atoms with Crippen LogP contribution in [0.4, 0.5) is 0 Å². The Bertz CT molecular complexity index is 380. The van der Waals surface area contributed by atoms with Gasteiger partial charge in [-0.15, -0.1) is 11.6 Å². The van der Waals surface area contributed by atoms with Crippen molar-refractivity contribution in [2.24, 2.45) is 4.99 Å². The van der Waals surface area contributed by atoms with Gasteiger partial charge in [0.25, 0.3) is 0 Å². The summed E-state index contributed by atoms with van der Waals surface area (Å²) < 4.78 is 0. The van der Waals surface area contributed by atoms with E-state index in [1.54, 1.807) is 0 Å². The molecular weight excluding hydrogens is 194 g/mol. The number of hydrogen-bond donors (Lipinski definition) is 0. The SMILES string of the molecule is CC1(C)Cc2ccccc2C(CCl)=N1. The van der Waals surface area contributed by atoms with Crippen LogP contribution in [0.2, 0.25) is 0 Å². The fraction of sp³-hybridized carbons (Fsp3) is 0.417. The molecule has 0 aliphatic carbocycles. The van der Waals surface area contributed by atoms with Crippen LogP contribution >= 0.6 is 11.6 Å². The molecular formula is C12H14ClN. The standard InChI is InChI=1S/C12H14ClN/c1-12(2)7-9-5-3-4-6-10(9)11(8-13)14-12/h3-6H,7-8H2,1-2H3. The number of rotatable bonds is 1. The summed E-state index contributed by atoms with van der Waals surface area (Å²) in [5, 5.41) is 0. The lowest BCUT2D eigenvalue weighted by atomic mass is 9.87. The van der Waals surface area contributed by atoms with Gasteiger partial charge in [-0.25, -0.2) is 0 Å². The van der Waals surface area contributed by atoms with Gasteiger partial charge in [0.1, 0.15) is 0 Å². The van der Waals surface area contributed by atoms with Gasteiger partial charge in [0.15, 0.2) is 0 Å². The Morgan fingerprint density at radius 2 is 2.07 bits per heavy atom. The molecule has 2 heteroatoms. The molecule has 1 aromatic rings. The van der Waals surface area contributed by atoms with Crippen LogP contribution in [0, 0.1) is 0 Å². The van der Waals surface area contributed by atoms with Crippen LogP contribution < -0.4 is 0 Å². The molecule has 1 heterocycles. The van der Waals surface area contributed by atoms with Crippen LogP contribution in [0.25, 0.3) is 0 Å². The average molecular weight is 208 g/mol. The molecule has 0 spiro atoms. The Morgan fingerprint density at radius 3 is 2.79 bits per heavy atom. The Hall–Kier alpha value is -0.820. The van der Waals surface area contributed by atoms with Gasteiger partial charge in [-0.1, -0.05) is 24.3 Å². The number of fused-ring (bicyclic) bond motifs is 1. The Balaban J connectivity index is 2.53. The molecule has 0 radical (unpaired) electrons. The quantitative estimate of drug-likeness (QED) is 0.628. The van der Waals surface area contributed by atoms with Crippen molar-refractivity contribution in [1.29, 1.82) is 0 Å². The number of halogens is 1. The fourth-order valence-electron chi connectivity index (χ4n) is 1.99. The summed E-state index contributed by atoms with van der Waals surface area (Å²) in [6.45, 7) is 4.30. The second kappa shape index (κ2) is 3.39. The van der Waals surface area contributed by atoms with Gasteiger partial charge in [-0.2, -0.15) is 0 Å². The predicted molar refractivity (Wildman–Crippen MR) is 61.5 cm³/mol. The van der Waals surface area contributed by atoms with Gasteiger partial charge >= 0.3 is 0 Å². The van der Waals surface area contributed by atoms with Crippen LogP contribution in [-0.4, -0.2) is 17.1 Å². The highest BCUT2D eigenvalue weighted by atomic mass is 35.5. The van der Waals surface area contributed by atoms with Crippen LogP contribution in [0.1, 0.15) is 25.0 Å². The van der Waals surface area contributed by atoms with E-state index < -0.39 is 0 Å². The minimum atomic E-state index is -0.00141. The molecule has 74 valence electrons. The Labute approximate surface area is 89.8 Å². The Kier molecular flexibility index (Phi) is 2.36. The second-order valence-corrected chi connectivity index (χ2v) is 4.61. The molecule has 0 aromatic heterocycles. The monoisotopic (exact) mass is 207 g/mol. The van der Waals surface area contributed by atoms with Crippen LogP contribution in [0.5, 0.6) is 0 Å². The molecule has 0 fully saturated rings. The molecule has 0 atom stereocenters. The molecule has 1 aromatic carbocycles. The Morgan fingerprint density at radius 1 is 1.36 bits per heavy atom. The highest BCUT2D eigenvalue weighted by molar-refractivity contribution is 6.32. The van der Waals surface area contributed by atoms with E-state index in [9.17, 15) is 0 Å². The molecule has 0 saturated heterocycles. The molecule has 0 N–H and O–H groups in total. The molecule has 1 nitrogen and oxygen atoms in total. The van der Waals surface area contributed by atoms with Gasteiger partial charge in [0.05, 0.1) is 17.1 Å². The normalized spacial score (nSPS) is 18.6. The third-order valence-electron chi connectivity index (χ3n) is 2.52. The number of benzene rings is 1.